The van der Waals surface area contributed by atoms with Crippen molar-refractivity contribution >= 4 is 17.3 Å². The molecule has 0 amide bonds. The molecule has 1 aromatic rings. The van der Waals surface area contributed by atoms with E-state index >= 15 is 0 Å². The predicted octanol–water partition coefficient (Wildman–Crippen LogP) is 4.14. The molecule has 0 bridgehead atoms. The standard InChI is InChI=1S/C13H18ClN.N2/c1-15(11-7-3-2-4-8-11)13-10-6-5-9-12(13)14;1-2/h5-6,9-11H,2-4,7-8H2,1H3;. The van der Waals surface area contributed by atoms with Crippen molar-refractivity contribution in [2.75, 3.05) is 11.9 Å². The van der Waals surface area contributed by atoms with Crippen LogP contribution < -0.4 is 4.90 Å². The van der Waals surface area contributed by atoms with Gasteiger partial charge in [-0.3, -0.25) is 0 Å². The molecule has 0 heterocycles. The number of benzene rings is 1. The molecule has 0 unspecified atom stereocenters. The second-order valence-electron chi connectivity index (χ2n) is 4.35. The molecule has 0 spiro atoms. The topological polar surface area (TPSA) is 50.8 Å². The first-order valence-corrected chi connectivity index (χ1v) is 6.34. The molecule has 0 radical (unpaired) electrons. The van der Waals surface area contributed by atoms with Gasteiger partial charge in [0.15, 0.2) is 0 Å². The SMILES string of the molecule is CN(c1ccccc1Cl)C1CCCCC1.N#N. The molecule has 1 fully saturated rings. The van der Waals surface area contributed by atoms with Crippen LogP contribution in [0.25, 0.3) is 0 Å². The van der Waals surface area contributed by atoms with Crippen molar-refractivity contribution in [2.45, 2.75) is 38.1 Å². The highest BCUT2D eigenvalue weighted by Crippen LogP contribution is 2.30. The van der Waals surface area contributed by atoms with E-state index in [1.807, 2.05) is 12.1 Å². The van der Waals surface area contributed by atoms with Crippen LogP contribution in [0.1, 0.15) is 32.1 Å². The summed E-state index contributed by atoms with van der Waals surface area (Å²) in [7, 11) is 2.16. The van der Waals surface area contributed by atoms with Gasteiger partial charge in [-0.15, -0.1) is 0 Å². The maximum atomic E-state index is 6.20. The minimum absolute atomic E-state index is 0.679. The van der Waals surface area contributed by atoms with Gasteiger partial charge in [0.25, 0.3) is 0 Å². The maximum Gasteiger partial charge on any atom is 0.0639 e. The predicted molar refractivity (Wildman–Crippen MR) is 70.2 cm³/mol. The zero-order chi connectivity index (χ0) is 12.7. The Morgan fingerprint density at radius 3 is 2.29 bits per heavy atom. The average molecular weight is 252 g/mol. The van der Waals surface area contributed by atoms with Gasteiger partial charge in [-0.05, 0) is 25.0 Å². The van der Waals surface area contributed by atoms with Crippen LogP contribution in [0.15, 0.2) is 24.3 Å². The molecule has 1 aromatic carbocycles. The van der Waals surface area contributed by atoms with Crippen molar-refractivity contribution in [3.8, 4) is 0 Å². The molecular weight excluding hydrogens is 234 g/mol. The van der Waals surface area contributed by atoms with Crippen molar-refractivity contribution in [3.05, 3.63) is 29.3 Å². The van der Waals surface area contributed by atoms with Gasteiger partial charge in [-0.1, -0.05) is 43.0 Å². The molecule has 0 aliphatic heterocycles. The van der Waals surface area contributed by atoms with E-state index < -0.39 is 0 Å². The molecule has 0 aromatic heterocycles. The monoisotopic (exact) mass is 251 g/mol. The van der Waals surface area contributed by atoms with Gasteiger partial charge in [0.1, 0.15) is 0 Å². The number of para-hydroxylation sites is 1. The molecule has 4 heteroatoms. The molecule has 0 saturated heterocycles. The summed E-state index contributed by atoms with van der Waals surface area (Å²) in [5.41, 5.74) is 1.17. The third-order valence-electron chi connectivity index (χ3n) is 3.35. The Hall–Kier alpha value is -1.27. The van der Waals surface area contributed by atoms with Crippen LogP contribution in [0, 0.1) is 10.8 Å². The summed E-state index contributed by atoms with van der Waals surface area (Å²) in [6.07, 6.45) is 6.73. The molecule has 2 rings (SSSR count). The van der Waals surface area contributed by atoms with E-state index in [1.165, 1.54) is 37.8 Å². The van der Waals surface area contributed by atoms with E-state index in [9.17, 15) is 0 Å². The van der Waals surface area contributed by atoms with Crippen LogP contribution >= 0.6 is 11.6 Å². The van der Waals surface area contributed by atoms with E-state index in [0.717, 1.165) is 5.02 Å². The van der Waals surface area contributed by atoms with Gasteiger partial charge in [0, 0.05) is 23.9 Å². The highest BCUT2D eigenvalue weighted by atomic mass is 35.5. The Morgan fingerprint density at radius 1 is 1.12 bits per heavy atom. The lowest BCUT2D eigenvalue weighted by Crippen LogP contribution is -2.33. The highest BCUT2D eigenvalue weighted by molar-refractivity contribution is 6.33. The molecule has 92 valence electrons. The first kappa shape index (κ1) is 13.8. The van der Waals surface area contributed by atoms with Crippen molar-refractivity contribution in [2.24, 2.45) is 0 Å². The third kappa shape index (κ3) is 3.61. The average Bonchev–Trinajstić information content (AvgIpc) is 2.42. The summed E-state index contributed by atoms with van der Waals surface area (Å²) >= 11 is 6.20. The van der Waals surface area contributed by atoms with E-state index in [-0.39, 0.29) is 0 Å². The fourth-order valence-corrected chi connectivity index (χ4v) is 2.67. The first-order chi connectivity index (χ1) is 8.29. The lowest BCUT2D eigenvalue weighted by atomic mass is 9.94. The van der Waals surface area contributed by atoms with Crippen LogP contribution in [0.2, 0.25) is 5.02 Å². The summed E-state index contributed by atoms with van der Waals surface area (Å²) in [6, 6.07) is 8.80. The number of hydrogen-bond donors (Lipinski definition) is 0. The maximum absolute atomic E-state index is 6.20. The Labute approximate surface area is 108 Å². The Bertz CT molecular complexity index is 359. The second kappa shape index (κ2) is 7.13. The Morgan fingerprint density at radius 2 is 1.71 bits per heavy atom. The quantitative estimate of drug-likeness (QED) is 0.743. The third-order valence-corrected chi connectivity index (χ3v) is 3.67. The highest BCUT2D eigenvalue weighted by Gasteiger charge is 2.19. The fraction of sp³-hybridized carbons (Fsp3) is 0.538. The summed E-state index contributed by atoms with van der Waals surface area (Å²) < 4.78 is 0. The number of rotatable bonds is 2. The summed E-state index contributed by atoms with van der Waals surface area (Å²) in [5, 5.41) is 12.9. The van der Waals surface area contributed by atoms with E-state index in [4.69, 9.17) is 22.4 Å². The van der Waals surface area contributed by atoms with Crippen LogP contribution in [0.3, 0.4) is 0 Å². The molecule has 1 aliphatic carbocycles. The van der Waals surface area contributed by atoms with E-state index in [2.05, 4.69) is 24.1 Å². The molecule has 1 saturated carbocycles. The van der Waals surface area contributed by atoms with Crippen molar-refractivity contribution in [1.29, 1.82) is 10.8 Å². The molecule has 1 aliphatic rings. The zero-order valence-electron chi connectivity index (χ0n) is 10.1. The molecule has 0 atom stereocenters. The normalized spacial score (nSPS) is 15.8. The van der Waals surface area contributed by atoms with Crippen molar-refractivity contribution < 1.29 is 0 Å². The van der Waals surface area contributed by atoms with Gasteiger partial charge in [-0.25, -0.2) is 0 Å². The van der Waals surface area contributed by atoms with Crippen molar-refractivity contribution in [1.82, 2.24) is 0 Å². The number of nitrogens with zero attached hydrogens (tertiary/aromatic N) is 3. The summed E-state index contributed by atoms with van der Waals surface area (Å²) in [4.78, 5) is 2.35. The molecule has 17 heavy (non-hydrogen) atoms. The van der Waals surface area contributed by atoms with Gasteiger partial charge in [-0.2, -0.15) is 0 Å². The van der Waals surface area contributed by atoms with Gasteiger partial charge < -0.3 is 4.90 Å². The Balaban J connectivity index is 0.000000686. The molecular formula is C13H18ClN3. The minimum Gasteiger partial charge on any atom is -0.370 e. The number of halogens is 1. The lowest BCUT2D eigenvalue weighted by molar-refractivity contribution is 0.427. The van der Waals surface area contributed by atoms with Crippen molar-refractivity contribution in [3.63, 3.8) is 0 Å². The lowest BCUT2D eigenvalue weighted by Gasteiger charge is -2.33. The van der Waals surface area contributed by atoms with Crippen LogP contribution in [0.4, 0.5) is 5.69 Å². The van der Waals surface area contributed by atoms with Crippen LogP contribution in [-0.4, -0.2) is 13.1 Å². The van der Waals surface area contributed by atoms with Crippen LogP contribution in [-0.2, 0) is 0 Å². The number of hydrogen-bond acceptors (Lipinski definition) is 3. The molecule has 0 N–H and O–H groups in total. The largest absolute Gasteiger partial charge is 0.370 e. The smallest absolute Gasteiger partial charge is 0.0639 e. The summed E-state index contributed by atoms with van der Waals surface area (Å²) in [6.45, 7) is 0. The van der Waals surface area contributed by atoms with E-state index in [1.54, 1.807) is 0 Å². The Kier molecular flexibility index (Phi) is 5.79. The molecule has 3 nitrogen and oxygen atoms in total. The summed E-state index contributed by atoms with van der Waals surface area (Å²) in [5.74, 6) is 0. The van der Waals surface area contributed by atoms with Gasteiger partial charge >= 0.3 is 0 Å². The zero-order valence-corrected chi connectivity index (χ0v) is 10.9. The second-order valence-corrected chi connectivity index (χ2v) is 4.76. The minimum atomic E-state index is 0.679. The van der Waals surface area contributed by atoms with E-state index in [0.29, 0.717) is 6.04 Å². The first-order valence-electron chi connectivity index (χ1n) is 5.96. The van der Waals surface area contributed by atoms with Gasteiger partial charge in [0.05, 0.1) is 10.7 Å². The number of anilines is 1. The van der Waals surface area contributed by atoms with Crippen LogP contribution in [0.5, 0.6) is 0 Å². The van der Waals surface area contributed by atoms with Gasteiger partial charge in [0.2, 0.25) is 0 Å². The fourth-order valence-electron chi connectivity index (χ4n) is 2.40.